The summed E-state index contributed by atoms with van der Waals surface area (Å²) in [5.74, 6) is -1.47. The van der Waals surface area contributed by atoms with Gasteiger partial charge < -0.3 is 14.7 Å². The number of rotatable bonds is 10. The molecule has 1 unspecified atom stereocenters. The van der Waals surface area contributed by atoms with Gasteiger partial charge in [-0.05, 0) is 44.2 Å². The van der Waals surface area contributed by atoms with Crippen molar-refractivity contribution in [1.29, 1.82) is 0 Å². The van der Waals surface area contributed by atoms with Crippen LogP contribution >= 0.6 is 11.8 Å². The van der Waals surface area contributed by atoms with Gasteiger partial charge >= 0.3 is 5.97 Å². The molecule has 0 amide bonds. The molecule has 0 radical (unpaired) electrons. The minimum absolute atomic E-state index is 0.000834. The smallest absolute Gasteiger partial charge is 0.344 e. The predicted molar refractivity (Wildman–Crippen MR) is 139 cm³/mol. The summed E-state index contributed by atoms with van der Waals surface area (Å²) in [6.07, 6.45) is 5.21. The van der Waals surface area contributed by atoms with E-state index in [1.54, 1.807) is 6.07 Å². The van der Waals surface area contributed by atoms with E-state index in [2.05, 4.69) is 11.8 Å². The lowest BCUT2D eigenvalue weighted by molar-refractivity contribution is -0.151. The van der Waals surface area contributed by atoms with Gasteiger partial charge in [0.05, 0.1) is 21.2 Å². The van der Waals surface area contributed by atoms with Gasteiger partial charge in [-0.25, -0.2) is 17.6 Å². The minimum Gasteiger partial charge on any atom is -0.488 e. The SMILES string of the molecule is CCCCC1(CC)CN(c2ccccc2)c2cc(SC)c(OC[C@@](C)(F)C(=O)O)cc2S(=O)(=O)C1. The third-order valence-corrected chi connectivity index (χ3v) is 9.43. The largest absolute Gasteiger partial charge is 0.488 e. The summed E-state index contributed by atoms with van der Waals surface area (Å²) in [7, 11) is -3.73. The molecule has 2 aromatic carbocycles. The van der Waals surface area contributed by atoms with Crippen molar-refractivity contribution in [1.82, 2.24) is 0 Å². The normalized spacial score (nSPS) is 21.0. The van der Waals surface area contributed by atoms with E-state index in [0.29, 0.717) is 23.5 Å². The molecule has 1 aliphatic rings. The highest BCUT2D eigenvalue weighted by molar-refractivity contribution is 7.98. The first-order valence-corrected chi connectivity index (χ1v) is 14.7. The van der Waals surface area contributed by atoms with Crippen molar-refractivity contribution in [2.45, 2.75) is 61.9 Å². The number of thioether (sulfide) groups is 1. The number of benzene rings is 2. The Balaban J connectivity index is 2.19. The Morgan fingerprint density at radius 3 is 2.51 bits per heavy atom. The number of carboxylic acids is 1. The molecule has 1 heterocycles. The fourth-order valence-electron chi connectivity index (χ4n) is 4.42. The van der Waals surface area contributed by atoms with Gasteiger partial charge in [-0.1, -0.05) is 44.9 Å². The Morgan fingerprint density at radius 2 is 1.94 bits per heavy atom. The summed E-state index contributed by atoms with van der Waals surface area (Å²) >= 11 is 1.33. The molecule has 3 rings (SSSR count). The molecule has 1 aliphatic heterocycles. The zero-order chi connectivity index (χ0) is 25.9. The second-order valence-electron chi connectivity index (χ2n) is 9.40. The van der Waals surface area contributed by atoms with Crippen LogP contribution in [0.1, 0.15) is 46.5 Å². The van der Waals surface area contributed by atoms with Gasteiger partial charge in [0.25, 0.3) is 0 Å². The molecule has 2 atom stereocenters. The molecule has 0 fully saturated rings. The highest BCUT2D eigenvalue weighted by Gasteiger charge is 2.42. The van der Waals surface area contributed by atoms with Crippen LogP contribution in [0, 0.1) is 5.41 Å². The van der Waals surface area contributed by atoms with Gasteiger partial charge in [0.15, 0.2) is 9.84 Å². The zero-order valence-corrected chi connectivity index (χ0v) is 22.3. The first-order chi connectivity index (χ1) is 16.5. The Labute approximate surface area is 211 Å². The van der Waals surface area contributed by atoms with Crippen LogP contribution < -0.4 is 9.64 Å². The lowest BCUT2D eigenvalue weighted by Crippen LogP contribution is -2.37. The van der Waals surface area contributed by atoms with Crippen LogP contribution in [0.2, 0.25) is 0 Å². The lowest BCUT2D eigenvalue weighted by atomic mass is 9.81. The standard InChI is InChI=1S/C26H34FNO5S2/c1-5-7-13-26(6-2)16-28(19-11-9-8-10-12-19)20-14-22(34-4)21(15-23(20)35(31,32)18-26)33-17-25(3,27)24(29)30/h8-12,14-15H,5-7,13,16-18H2,1-4H3,(H,29,30)/t25-,26?/m1/s1. The number of hydrogen-bond acceptors (Lipinski definition) is 6. The van der Waals surface area contributed by atoms with E-state index >= 15 is 0 Å². The Kier molecular flexibility index (Phi) is 8.42. The van der Waals surface area contributed by atoms with Crippen molar-refractivity contribution >= 4 is 38.9 Å². The lowest BCUT2D eigenvalue weighted by Gasteiger charge is -2.36. The number of fused-ring (bicyclic) bond motifs is 1. The Morgan fingerprint density at radius 1 is 1.26 bits per heavy atom. The predicted octanol–water partition coefficient (Wildman–Crippen LogP) is 6.11. The number of ether oxygens (including phenoxy) is 1. The van der Waals surface area contributed by atoms with Crippen LogP contribution in [0.5, 0.6) is 5.75 Å². The van der Waals surface area contributed by atoms with Gasteiger partial charge in [0.2, 0.25) is 5.67 Å². The van der Waals surface area contributed by atoms with E-state index in [1.165, 1.54) is 17.8 Å². The summed E-state index contributed by atoms with van der Waals surface area (Å²) in [6, 6.07) is 12.9. The maximum atomic E-state index is 14.4. The van der Waals surface area contributed by atoms with Gasteiger partial charge in [0, 0.05) is 23.7 Å². The molecular formula is C26H34FNO5S2. The van der Waals surface area contributed by atoms with E-state index in [-0.39, 0.29) is 16.4 Å². The maximum absolute atomic E-state index is 14.4. The molecule has 6 nitrogen and oxygen atoms in total. The first-order valence-electron chi connectivity index (χ1n) is 11.8. The van der Waals surface area contributed by atoms with E-state index < -0.39 is 33.5 Å². The summed E-state index contributed by atoms with van der Waals surface area (Å²) < 4.78 is 47.6. The number of nitrogens with zero attached hydrogens (tertiary/aromatic N) is 1. The number of carbonyl (C=O) groups is 1. The number of sulfone groups is 1. The van der Waals surface area contributed by atoms with Crippen molar-refractivity contribution in [3.8, 4) is 5.75 Å². The third kappa shape index (κ3) is 5.94. The van der Waals surface area contributed by atoms with Crippen LogP contribution in [-0.4, -0.2) is 50.3 Å². The van der Waals surface area contributed by atoms with Crippen LogP contribution in [0.25, 0.3) is 0 Å². The number of anilines is 2. The number of hydrogen-bond donors (Lipinski definition) is 1. The molecule has 0 aromatic heterocycles. The van der Waals surface area contributed by atoms with Crippen molar-refractivity contribution < 1.29 is 27.4 Å². The monoisotopic (exact) mass is 523 g/mol. The van der Waals surface area contributed by atoms with E-state index in [0.717, 1.165) is 31.9 Å². The van der Waals surface area contributed by atoms with Crippen LogP contribution in [0.4, 0.5) is 15.8 Å². The zero-order valence-electron chi connectivity index (χ0n) is 20.7. The number of para-hydroxylation sites is 1. The fourth-order valence-corrected chi connectivity index (χ4v) is 7.14. The number of halogens is 1. The van der Waals surface area contributed by atoms with Crippen molar-refractivity contribution in [3.63, 3.8) is 0 Å². The molecule has 0 bridgehead atoms. The number of unbranched alkanes of at least 4 members (excludes halogenated alkanes) is 1. The van der Waals surface area contributed by atoms with Gasteiger partial charge in [-0.2, -0.15) is 0 Å². The summed E-state index contributed by atoms with van der Waals surface area (Å²) in [6.45, 7) is 4.89. The van der Waals surface area contributed by atoms with E-state index in [1.807, 2.05) is 43.5 Å². The third-order valence-electron chi connectivity index (χ3n) is 6.68. The summed E-state index contributed by atoms with van der Waals surface area (Å²) in [5, 5.41) is 9.11. The van der Waals surface area contributed by atoms with E-state index in [4.69, 9.17) is 9.84 Å². The molecular weight excluding hydrogens is 489 g/mol. The van der Waals surface area contributed by atoms with Crippen molar-refractivity contribution in [3.05, 3.63) is 42.5 Å². The quantitative estimate of drug-likeness (QED) is 0.376. The minimum atomic E-state index is -3.73. The summed E-state index contributed by atoms with van der Waals surface area (Å²) in [5.41, 5.74) is -1.59. The fraction of sp³-hybridized carbons (Fsp3) is 0.500. The van der Waals surface area contributed by atoms with E-state index in [9.17, 15) is 17.6 Å². The van der Waals surface area contributed by atoms with Crippen LogP contribution in [0.3, 0.4) is 0 Å². The highest BCUT2D eigenvalue weighted by atomic mass is 32.2. The second-order valence-corrected chi connectivity index (χ2v) is 12.2. The molecule has 35 heavy (non-hydrogen) atoms. The molecule has 192 valence electrons. The molecule has 9 heteroatoms. The molecule has 0 saturated heterocycles. The average molecular weight is 524 g/mol. The van der Waals surface area contributed by atoms with Gasteiger partial charge in [-0.3, -0.25) is 0 Å². The molecule has 0 saturated carbocycles. The molecule has 2 aromatic rings. The van der Waals surface area contributed by atoms with Gasteiger partial charge in [-0.15, -0.1) is 11.8 Å². The van der Waals surface area contributed by atoms with Gasteiger partial charge in [0.1, 0.15) is 12.4 Å². The maximum Gasteiger partial charge on any atom is 0.344 e. The molecule has 0 aliphatic carbocycles. The Hall–Kier alpha value is -2.26. The molecule has 1 N–H and O–H groups in total. The van der Waals surface area contributed by atoms with Crippen LogP contribution in [0.15, 0.2) is 52.3 Å². The van der Waals surface area contributed by atoms with Crippen LogP contribution in [-0.2, 0) is 14.6 Å². The Bertz CT molecular complexity index is 1150. The van der Waals surface area contributed by atoms with Crippen molar-refractivity contribution in [2.24, 2.45) is 5.41 Å². The first kappa shape index (κ1) is 27.3. The molecule has 0 spiro atoms. The highest BCUT2D eigenvalue weighted by Crippen LogP contribution is 2.47. The average Bonchev–Trinajstić information content (AvgIpc) is 2.93. The topological polar surface area (TPSA) is 83.9 Å². The summed E-state index contributed by atoms with van der Waals surface area (Å²) in [4.78, 5) is 14.0. The number of carboxylic acid groups (broad SMARTS) is 1. The number of alkyl halides is 1. The second kappa shape index (κ2) is 10.8. The number of aliphatic carboxylic acids is 1. The van der Waals surface area contributed by atoms with Crippen molar-refractivity contribution in [2.75, 3.05) is 30.1 Å².